The Balaban J connectivity index is 1.52. The number of ether oxygens (including phenoxy) is 1. The van der Waals surface area contributed by atoms with Crippen molar-refractivity contribution in [1.29, 1.82) is 0 Å². The number of methoxy groups -OCH3 is 1. The number of amides is 3. The zero-order valence-corrected chi connectivity index (χ0v) is 20.0. The standard InChI is InChI=1S/C23H20ClFN6O6/c1-37-16-9-19(30(12-16)23(34)28-20-6-2-13(24)10-26-20)22(33)27-18-5-3-14(8-17(18)25)29-11-15(31(35)36)4-7-21(29)32/h2-8,10-11,16,19H,9,12H2,1H3,(H,27,33)(H,26,28,34)/t16-,19-/m1/s1. The molecule has 0 aliphatic carbocycles. The van der Waals surface area contributed by atoms with Gasteiger partial charge in [0.05, 0.1) is 33.6 Å². The molecule has 14 heteroatoms. The number of aromatic nitrogens is 2. The van der Waals surface area contributed by atoms with E-state index in [1.165, 1.54) is 36.4 Å². The number of halogens is 2. The normalized spacial score (nSPS) is 16.9. The SMILES string of the molecule is CO[C@@H]1C[C@H](C(=O)Nc2ccc(-n3cc([N+](=O)[O-])ccc3=O)cc2F)N(C(=O)Nc2ccc(Cl)cn2)C1. The molecule has 3 aromatic rings. The van der Waals surface area contributed by atoms with Crippen LogP contribution < -0.4 is 16.2 Å². The Labute approximate surface area is 213 Å². The first-order valence-corrected chi connectivity index (χ1v) is 11.2. The molecule has 2 atom stereocenters. The number of likely N-dealkylation sites (tertiary alicyclic amines) is 1. The number of rotatable bonds is 6. The molecule has 0 unspecified atom stereocenters. The van der Waals surface area contributed by atoms with Crippen LogP contribution in [-0.4, -0.2) is 57.1 Å². The number of hydrogen-bond acceptors (Lipinski definition) is 7. The third kappa shape index (κ3) is 5.73. The Bertz CT molecular complexity index is 1420. The zero-order chi connectivity index (χ0) is 26.7. The number of hydrogen-bond donors (Lipinski definition) is 2. The van der Waals surface area contributed by atoms with E-state index < -0.39 is 40.4 Å². The summed E-state index contributed by atoms with van der Waals surface area (Å²) in [7, 11) is 1.45. The van der Waals surface area contributed by atoms with Crippen molar-refractivity contribution >= 4 is 40.7 Å². The van der Waals surface area contributed by atoms with Crippen molar-refractivity contribution < 1.29 is 23.6 Å². The van der Waals surface area contributed by atoms with Crippen molar-refractivity contribution in [2.75, 3.05) is 24.3 Å². The van der Waals surface area contributed by atoms with Crippen LogP contribution >= 0.6 is 11.6 Å². The third-order valence-corrected chi connectivity index (χ3v) is 5.94. The van der Waals surface area contributed by atoms with Crippen LogP contribution in [0.1, 0.15) is 6.42 Å². The maximum absolute atomic E-state index is 14.9. The van der Waals surface area contributed by atoms with Crippen LogP contribution in [0.2, 0.25) is 5.02 Å². The molecular weight excluding hydrogens is 511 g/mol. The van der Waals surface area contributed by atoms with Crippen molar-refractivity contribution in [3.63, 3.8) is 0 Å². The van der Waals surface area contributed by atoms with Crippen LogP contribution in [0.3, 0.4) is 0 Å². The smallest absolute Gasteiger partial charge is 0.323 e. The quantitative estimate of drug-likeness (QED) is 0.367. The topological polar surface area (TPSA) is 149 Å². The number of carbonyl (C=O) groups is 2. The molecule has 3 heterocycles. The fourth-order valence-corrected chi connectivity index (χ4v) is 3.94. The Morgan fingerprint density at radius 1 is 1.22 bits per heavy atom. The van der Waals surface area contributed by atoms with Crippen molar-refractivity contribution in [2.45, 2.75) is 18.6 Å². The fraction of sp³-hybridized carbons (Fsp3) is 0.217. The van der Waals surface area contributed by atoms with Gasteiger partial charge in [-0.25, -0.2) is 14.2 Å². The van der Waals surface area contributed by atoms with Crippen LogP contribution in [0.4, 0.5) is 26.4 Å². The summed E-state index contributed by atoms with van der Waals surface area (Å²) < 4.78 is 21.1. The van der Waals surface area contributed by atoms with Gasteiger partial charge in [-0.2, -0.15) is 0 Å². The first-order chi connectivity index (χ1) is 17.7. The Morgan fingerprint density at radius 3 is 2.65 bits per heavy atom. The lowest BCUT2D eigenvalue weighted by molar-refractivity contribution is -0.385. The molecule has 1 aromatic carbocycles. The molecule has 3 amide bonds. The van der Waals surface area contributed by atoms with E-state index in [1.807, 2.05) is 0 Å². The molecule has 192 valence electrons. The summed E-state index contributed by atoms with van der Waals surface area (Å²) in [5.41, 5.74) is -1.12. The van der Waals surface area contributed by atoms with E-state index in [9.17, 15) is 28.9 Å². The average Bonchev–Trinajstić information content (AvgIpc) is 3.32. The van der Waals surface area contributed by atoms with Gasteiger partial charge in [0.2, 0.25) is 5.91 Å². The van der Waals surface area contributed by atoms with E-state index >= 15 is 0 Å². The second-order valence-electron chi connectivity index (χ2n) is 8.06. The van der Waals surface area contributed by atoms with E-state index in [1.54, 1.807) is 6.07 Å². The lowest BCUT2D eigenvalue weighted by Crippen LogP contribution is -2.45. The minimum Gasteiger partial charge on any atom is -0.380 e. The molecule has 1 aliphatic rings. The number of nitrogens with one attached hydrogen (secondary N) is 2. The van der Waals surface area contributed by atoms with Gasteiger partial charge in [0.15, 0.2) is 0 Å². The number of urea groups is 1. The lowest BCUT2D eigenvalue weighted by atomic mass is 10.1. The summed E-state index contributed by atoms with van der Waals surface area (Å²) >= 11 is 5.81. The van der Waals surface area contributed by atoms with Gasteiger partial charge in [-0.1, -0.05) is 11.6 Å². The highest BCUT2D eigenvalue weighted by Gasteiger charge is 2.40. The number of pyridine rings is 2. The highest BCUT2D eigenvalue weighted by Crippen LogP contribution is 2.25. The summed E-state index contributed by atoms with van der Waals surface area (Å²) in [6.07, 6.45) is 2.09. The largest absolute Gasteiger partial charge is 0.380 e. The molecule has 2 N–H and O–H groups in total. The Morgan fingerprint density at radius 2 is 2.00 bits per heavy atom. The van der Waals surface area contributed by atoms with Crippen LogP contribution in [0.5, 0.6) is 0 Å². The van der Waals surface area contributed by atoms with Gasteiger partial charge in [0, 0.05) is 44.5 Å². The van der Waals surface area contributed by atoms with Gasteiger partial charge in [0.25, 0.3) is 11.2 Å². The highest BCUT2D eigenvalue weighted by molar-refractivity contribution is 6.30. The summed E-state index contributed by atoms with van der Waals surface area (Å²) in [6, 6.07) is 7.02. The minimum absolute atomic E-state index is 0.0287. The van der Waals surface area contributed by atoms with E-state index in [2.05, 4.69) is 15.6 Å². The molecule has 12 nitrogen and oxygen atoms in total. The second-order valence-corrected chi connectivity index (χ2v) is 8.50. The number of benzene rings is 1. The van der Waals surface area contributed by atoms with Gasteiger partial charge in [-0.3, -0.25) is 29.6 Å². The molecule has 2 aromatic heterocycles. The van der Waals surface area contributed by atoms with E-state index in [0.717, 1.165) is 29.0 Å². The predicted octanol–water partition coefficient (Wildman–Crippen LogP) is 3.19. The van der Waals surface area contributed by atoms with Crippen molar-refractivity contribution in [1.82, 2.24) is 14.5 Å². The Hall–Kier alpha value is -4.36. The summed E-state index contributed by atoms with van der Waals surface area (Å²) in [5, 5.41) is 16.4. The molecular formula is C23H20ClFN6O6. The van der Waals surface area contributed by atoms with Gasteiger partial charge >= 0.3 is 6.03 Å². The Kier molecular flexibility index (Phi) is 7.45. The minimum atomic E-state index is -0.976. The van der Waals surface area contributed by atoms with Gasteiger partial charge < -0.3 is 15.0 Å². The first kappa shape index (κ1) is 25.7. The number of nitro groups is 1. The number of carbonyl (C=O) groups excluding carboxylic acids is 2. The summed E-state index contributed by atoms with van der Waals surface area (Å²) in [6.45, 7) is 0.116. The molecule has 1 aliphatic heterocycles. The van der Waals surface area contributed by atoms with Crippen molar-refractivity contribution in [2.24, 2.45) is 0 Å². The molecule has 0 bridgehead atoms. The molecule has 4 rings (SSSR count). The molecule has 0 spiro atoms. The second kappa shape index (κ2) is 10.7. The maximum Gasteiger partial charge on any atom is 0.323 e. The van der Waals surface area contributed by atoms with Crippen LogP contribution in [0, 0.1) is 15.9 Å². The highest BCUT2D eigenvalue weighted by atomic mass is 35.5. The van der Waals surface area contributed by atoms with Crippen LogP contribution in [0.25, 0.3) is 5.69 Å². The van der Waals surface area contributed by atoms with E-state index in [0.29, 0.717) is 5.02 Å². The monoisotopic (exact) mass is 530 g/mol. The predicted molar refractivity (Wildman–Crippen MR) is 131 cm³/mol. The van der Waals surface area contributed by atoms with Crippen LogP contribution in [-0.2, 0) is 9.53 Å². The third-order valence-electron chi connectivity index (χ3n) is 5.72. The summed E-state index contributed by atoms with van der Waals surface area (Å²) in [4.78, 5) is 53.6. The maximum atomic E-state index is 14.9. The van der Waals surface area contributed by atoms with Crippen molar-refractivity contribution in [3.8, 4) is 5.69 Å². The van der Waals surface area contributed by atoms with E-state index in [-0.39, 0.29) is 35.8 Å². The number of nitrogens with zero attached hydrogens (tertiary/aromatic N) is 4. The molecule has 1 fully saturated rings. The molecule has 0 saturated carbocycles. The zero-order valence-electron chi connectivity index (χ0n) is 19.3. The van der Waals surface area contributed by atoms with Crippen molar-refractivity contribution in [3.05, 3.63) is 86.2 Å². The fourth-order valence-electron chi connectivity index (χ4n) is 3.83. The van der Waals surface area contributed by atoms with Crippen LogP contribution in [0.15, 0.2) is 59.7 Å². The average molecular weight is 531 g/mol. The first-order valence-electron chi connectivity index (χ1n) is 10.9. The van der Waals surface area contributed by atoms with Gasteiger partial charge in [-0.15, -0.1) is 0 Å². The van der Waals surface area contributed by atoms with Gasteiger partial charge in [-0.05, 0) is 24.3 Å². The molecule has 1 saturated heterocycles. The number of anilines is 2. The van der Waals surface area contributed by atoms with Gasteiger partial charge in [0.1, 0.15) is 17.7 Å². The summed E-state index contributed by atoms with van der Waals surface area (Å²) in [5.74, 6) is -1.31. The van der Waals surface area contributed by atoms with E-state index in [4.69, 9.17) is 16.3 Å². The molecule has 0 radical (unpaired) electrons. The lowest BCUT2D eigenvalue weighted by Gasteiger charge is -2.24. The molecule has 37 heavy (non-hydrogen) atoms.